The molecule has 0 bridgehead atoms. The van der Waals surface area contributed by atoms with Gasteiger partial charge in [0.15, 0.2) is 5.65 Å². The lowest BCUT2D eigenvalue weighted by Gasteiger charge is -2.25. The molecule has 2 aromatic heterocycles. The molecule has 4 rings (SSSR count). The molecule has 0 unspecified atom stereocenters. The Balaban J connectivity index is 2.01. The van der Waals surface area contributed by atoms with Crippen molar-refractivity contribution in [3.63, 3.8) is 0 Å². The minimum absolute atomic E-state index is 0.298. The van der Waals surface area contributed by atoms with Crippen molar-refractivity contribution in [2.45, 2.75) is 44.9 Å². The van der Waals surface area contributed by atoms with Crippen molar-refractivity contribution in [3.05, 3.63) is 47.4 Å². The summed E-state index contributed by atoms with van der Waals surface area (Å²) in [6.07, 6.45) is 7.18. The van der Waals surface area contributed by atoms with Crippen LogP contribution in [-0.2, 0) is 0 Å². The number of hydrogen-bond acceptors (Lipinski definition) is 3. The van der Waals surface area contributed by atoms with E-state index in [1.165, 1.54) is 18.6 Å². The summed E-state index contributed by atoms with van der Waals surface area (Å²) < 4.78 is 29.5. The average molecular weight is 328 g/mol. The summed E-state index contributed by atoms with van der Waals surface area (Å²) in [5.74, 6) is -0.850. The standard InChI is InChI=1S/C18H18F2N4/c1-11-16(14-8-7-13(19)9-15(14)20)17(12-5-3-2-4-6-12)18-22-21-10-24(18)23-11/h7-10,12H,2-6H2,1H3. The third kappa shape index (κ3) is 2.46. The first-order valence-corrected chi connectivity index (χ1v) is 8.31. The lowest BCUT2D eigenvalue weighted by molar-refractivity contribution is 0.444. The Labute approximate surface area is 138 Å². The number of rotatable bonds is 2. The molecule has 0 atom stereocenters. The van der Waals surface area contributed by atoms with Gasteiger partial charge in [0.05, 0.1) is 5.69 Å². The van der Waals surface area contributed by atoms with Crippen molar-refractivity contribution in [3.8, 4) is 11.1 Å². The second-order valence-corrected chi connectivity index (χ2v) is 6.43. The second-order valence-electron chi connectivity index (χ2n) is 6.43. The molecule has 1 aliphatic rings. The number of hydrogen-bond donors (Lipinski definition) is 0. The van der Waals surface area contributed by atoms with Crippen LogP contribution < -0.4 is 0 Å². The van der Waals surface area contributed by atoms with Crippen LogP contribution in [0.5, 0.6) is 0 Å². The number of halogens is 2. The number of fused-ring (bicyclic) bond motifs is 1. The van der Waals surface area contributed by atoms with Crippen molar-refractivity contribution >= 4 is 5.65 Å². The Morgan fingerprint density at radius 1 is 1.12 bits per heavy atom. The Hall–Kier alpha value is -2.37. The fourth-order valence-corrected chi connectivity index (χ4v) is 3.81. The lowest BCUT2D eigenvalue weighted by Crippen LogP contribution is -2.12. The van der Waals surface area contributed by atoms with E-state index in [0.29, 0.717) is 22.8 Å². The summed E-state index contributed by atoms with van der Waals surface area (Å²) in [7, 11) is 0. The molecule has 2 heterocycles. The van der Waals surface area contributed by atoms with Crippen LogP contribution in [0.1, 0.15) is 49.3 Å². The van der Waals surface area contributed by atoms with Crippen LogP contribution in [0.25, 0.3) is 16.8 Å². The first-order chi connectivity index (χ1) is 11.6. The predicted molar refractivity (Wildman–Crippen MR) is 86.7 cm³/mol. The number of benzene rings is 1. The molecule has 0 spiro atoms. The molecule has 0 saturated heterocycles. The van der Waals surface area contributed by atoms with E-state index in [1.54, 1.807) is 10.8 Å². The van der Waals surface area contributed by atoms with E-state index in [1.807, 2.05) is 6.92 Å². The minimum Gasteiger partial charge on any atom is -0.207 e. The molecule has 1 aliphatic carbocycles. The minimum atomic E-state index is -0.579. The van der Waals surface area contributed by atoms with Gasteiger partial charge >= 0.3 is 0 Å². The van der Waals surface area contributed by atoms with Gasteiger partial charge < -0.3 is 0 Å². The summed E-state index contributed by atoms with van der Waals surface area (Å²) in [6.45, 7) is 1.85. The SMILES string of the molecule is Cc1nn2cnnc2c(C2CCCCC2)c1-c1ccc(F)cc1F. The zero-order valence-corrected chi connectivity index (χ0v) is 13.5. The Bertz CT molecular complexity index is 897. The Morgan fingerprint density at radius 3 is 2.67 bits per heavy atom. The van der Waals surface area contributed by atoms with Gasteiger partial charge in [-0.3, -0.25) is 0 Å². The van der Waals surface area contributed by atoms with Gasteiger partial charge in [-0.1, -0.05) is 19.3 Å². The fraction of sp³-hybridized carbons (Fsp3) is 0.389. The molecule has 0 radical (unpaired) electrons. The third-order valence-electron chi connectivity index (χ3n) is 4.87. The topological polar surface area (TPSA) is 43.1 Å². The number of aryl methyl sites for hydroxylation is 1. The van der Waals surface area contributed by atoms with Gasteiger partial charge in [0.2, 0.25) is 0 Å². The van der Waals surface area contributed by atoms with Gasteiger partial charge in [-0.15, -0.1) is 10.2 Å². The van der Waals surface area contributed by atoms with Crippen molar-refractivity contribution in [2.24, 2.45) is 0 Å². The molecule has 124 valence electrons. The number of aromatic nitrogens is 4. The maximum absolute atomic E-state index is 14.5. The van der Waals surface area contributed by atoms with Crippen molar-refractivity contribution in [2.75, 3.05) is 0 Å². The molecule has 1 fully saturated rings. The number of nitrogens with zero attached hydrogens (tertiary/aromatic N) is 4. The zero-order valence-electron chi connectivity index (χ0n) is 13.5. The van der Waals surface area contributed by atoms with E-state index in [9.17, 15) is 8.78 Å². The molecular weight excluding hydrogens is 310 g/mol. The van der Waals surface area contributed by atoms with E-state index < -0.39 is 11.6 Å². The molecule has 0 aliphatic heterocycles. The summed E-state index contributed by atoms with van der Waals surface area (Å²) >= 11 is 0. The molecule has 0 N–H and O–H groups in total. The highest BCUT2D eigenvalue weighted by Gasteiger charge is 2.26. The molecule has 4 nitrogen and oxygen atoms in total. The Kier molecular flexibility index (Phi) is 3.75. The van der Waals surface area contributed by atoms with Crippen molar-refractivity contribution < 1.29 is 8.78 Å². The Morgan fingerprint density at radius 2 is 1.92 bits per heavy atom. The van der Waals surface area contributed by atoms with Gasteiger partial charge in [0, 0.05) is 22.8 Å². The highest BCUT2D eigenvalue weighted by molar-refractivity contribution is 5.76. The van der Waals surface area contributed by atoms with Crippen LogP contribution in [0.15, 0.2) is 24.5 Å². The van der Waals surface area contributed by atoms with Gasteiger partial charge in [-0.05, 0) is 37.8 Å². The largest absolute Gasteiger partial charge is 0.207 e. The molecule has 0 amide bonds. The summed E-state index contributed by atoms with van der Waals surface area (Å²) in [5, 5.41) is 12.7. The van der Waals surface area contributed by atoms with Gasteiger partial charge in [-0.25, -0.2) is 8.78 Å². The van der Waals surface area contributed by atoms with E-state index in [0.717, 1.165) is 42.9 Å². The lowest BCUT2D eigenvalue weighted by atomic mass is 9.81. The summed E-state index contributed by atoms with van der Waals surface area (Å²) in [6, 6.07) is 3.71. The van der Waals surface area contributed by atoms with E-state index >= 15 is 0 Å². The van der Waals surface area contributed by atoms with Crippen LogP contribution >= 0.6 is 0 Å². The zero-order chi connectivity index (χ0) is 16.7. The average Bonchev–Trinajstić information content (AvgIpc) is 3.03. The van der Waals surface area contributed by atoms with E-state index in [-0.39, 0.29) is 0 Å². The molecule has 24 heavy (non-hydrogen) atoms. The quantitative estimate of drug-likeness (QED) is 0.699. The molecule has 1 saturated carbocycles. The predicted octanol–water partition coefficient (Wildman–Crippen LogP) is 4.43. The first-order valence-electron chi connectivity index (χ1n) is 8.31. The monoisotopic (exact) mass is 328 g/mol. The maximum atomic E-state index is 14.5. The molecule has 1 aromatic carbocycles. The van der Waals surface area contributed by atoms with E-state index in [4.69, 9.17) is 0 Å². The normalized spacial score (nSPS) is 16.0. The van der Waals surface area contributed by atoms with Crippen LogP contribution in [0.3, 0.4) is 0 Å². The second kappa shape index (κ2) is 5.92. The molecule has 3 aromatic rings. The summed E-state index contributed by atoms with van der Waals surface area (Å²) in [4.78, 5) is 0. The molecular formula is C18H18F2N4. The van der Waals surface area contributed by atoms with E-state index in [2.05, 4.69) is 15.3 Å². The third-order valence-corrected chi connectivity index (χ3v) is 4.87. The highest BCUT2D eigenvalue weighted by Crippen LogP contribution is 2.41. The molecule has 6 heteroatoms. The van der Waals surface area contributed by atoms with Gasteiger partial charge in [-0.2, -0.15) is 9.61 Å². The van der Waals surface area contributed by atoms with Gasteiger partial charge in [0.25, 0.3) is 0 Å². The van der Waals surface area contributed by atoms with Crippen LogP contribution in [-0.4, -0.2) is 19.8 Å². The van der Waals surface area contributed by atoms with Crippen molar-refractivity contribution in [1.82, 2.24) is 19.8 Å². The smallest absolute Gasteiger partial charge is 0.181 e. The fourth-order valence-electron chi connectivity index (χ4n) is 3.81. The van der Waals surface area contributed by atoms with Crippen molar-refractivity contribution in [1.29, 1.82) is 0 Å². The van der Waals surface area contributed by atoms with Crippen LogP contribution in [0.4, 0.5) is 8.78 Å². The van der Waals surface area contributed by atoms with Gasteiger partial charge in [0.1, 0.15) is 18.0 Å². The van der Waals surface area contributed by atoms with Crippen LogP contribution in [0, 0.1) is 18.6 Å². The summed E-state index contributed by atoms with van der Waals surface area (Å²) in [5.41, 5.74) is 3.48. The van der Waals surface area contributed by atoms with Crippen LogP contribution in [0.2, 0.25) is 0 Å². The maximum Gasteiger partial charge on any atom is 0.181 e. The highest BCUT2D eigenvalue weighted by atomic mass is 19.1. The first kappa shape index (κ1) is 15.2.